The summed E-state index contributed by atoms with van der Waals surface area (Å²) in [7, 11) is 1.64. The van der Waals surface area contributed by atoms with Gasteiger partial charge in [-0.15, -0.1) is 0 Å². The van der Waals surface area contributed by atoms with Crippen LogP contribution in [0.25, 0.3) is 0 Å². The van der Waals surface area contributed by atoms with Gasteiger partial charge in [-0.2, -0.15) is 0 Å². The second kappa shape index (κ2) is 4.99. The van der Waals surface area contributed by atoms with Crippen LogP contribution >= 0.6 is 0 Å². The first-order valence-corrected chi connectivity index (χ1v) is 5.32. The molecule has 1 heterocycles. The van der Waals surface area contributed by atoms with E-state index in [0.717, 1.165) is 17.7 Å². The minimum Gasteiger partial charge on any atom is -0.497 e. The summed E-state index contributed by atoms with van der Waals surface area (Å²) in [6.45, 7) is 1.20. The SMILES string of the molecule is COc1ccc(CNC2CCOC2=O)cc1. The van der Waals surface area contributed by atoms with Gasteiger partial charge in [-0.3, -0.25) is 4.79 Å². The largest absolute Gasteiger partial charge is 0.497 e. The van der Waals surface area contributed by atoms with Crippen molar-refractivity contribution in [2.45, 2.75) is 19.0 Å². The van der Waals surface area contributed by atoms with Crippen molar-refractivity contribution in [3.8, 4) is 5.75 Å². The summed E-state index contributed by atoms with van der Waals surface area (Å²) in [5.41, 5.74) is 1.13. The molecular formula is C12H15NO3. The van der Waals surface area contributed by atoms with Crippen LogP contribution in [-0.2, 0) is 16.1 Å². The van der Waals surface area contributed by atoms with Gasteiger partial charge in [-0.1, -0.05) is 12.1 Å². The van der Waals surface area contributed by atoms with Gasteiger partial charge in [0.05, 0.1) is 13.7 Å². The van der Waals surface area contributed by atoms with E-state index in [-0.39, 0.29) is 12.0 Å². The number of cyclic esters (lactones) is 1. The Bertz CT molecular complexity index is 361. The highest BCUT2D eigenvalue weighted by molar-refractivity contribution is 5.77. The summed E-state index contributed by atoms with van der Waals surface area (Å²) >= 11 is 0. The van der Waals surface area contributed by atoms with Crippen LogP contribution in [0.1, 0.15) is 12.0 Å². The van der Waals surface area contributed by atoms with Crippen LogP contribution in [0.3, 0.4) is 0 Å². The fraction of sp³-hybridized carbons (Fsp3) is 0.417. The predicted octanol–water partition coefficient (Wildman–Crippen LogP) is 1.10. The van der Waals surface area contributed by atoms with Crippen molar-refractivity contribution < 1.29 is 14.3 Å². The number of ether oxygens (including phenoxy) is 2. The highest BCUT2D eigenvalue weighted by atomic mass is 16.5. The molecule has 86 valence electrons. The summed E-state index contributed by atoms with van der Waals surface area (Å²) < 4.78 is 9.94. The van der Waals surface area contributed by atoms with Crippen LogP contribution in [0.4, 0.5) is 0 Å². The molecule has 1 saturated heterocycles. The van der Waals surface area contributed by atoms with E-state index in [4.69, 9.17) is 9.47 Å². The number of carbonyl (C=O) groups excluding carboxylic acids is 1. The van der Waals surface area contributed by atoms with Gasteiger partial charge in [0.2, 0.25) is 0 Å². The monoisotopic (exact) mass is 221 g/mol. The van der Waals surface area contributed by atoms with Crippen LogP contribution in [0.15, 0.2) is 24.3 Å². The third-order valence-corrected chi connectivity index (χ3v) is 2.65. The molecule has 2 rings (SSSR count). The van der Waals surface area contributed by atoms with E-state index in [2.05, 4.69) is 5.32 Å². The van der Waals surface area contributed by atoms with Gasteiger partial charge < -0.3 is 14.8 Å². The van der Waals surface area contributed by atoms with Crippen molar-refractivity contribution in [1.29, 1.82) is 0 Å². The molecule has 4 nitrogen and oxygen atoms in total. The lowest BCUT2D eigenvalue weighted by Crippen LogP contribution is -2.32. The lowest BCUT2D eigenvalue weighted by Gasteiger charge is -2.08. The molecule has 0 spiro atoms. The number of methoxy groups -OCH3 is 1. The molecule has 1 N–H and O–H groups in total. The molecule has 1 aliphatic heterocycles. The normalized spacial score (nSPS) is 19.6. The average molecular weight is 221 g/mol. The lowest BCUT2D eigenvalue weighted by atomic mass is 10.2. The Labute approximate surface area is 94.6 Å². The van der Waals surface area contributed by atoms with Crippen LogP contribution < -0.4 is 10.1 Å². The van der Waals surface area contributed by atoms with Crippen molar-refractivity contribution in [3.63, 3.8) is 0 Å². The zero-order valence-electron chi connectivity index (χ0n) is 9.23. The quantitative estimate of drug-likeness (QED) is 0.773. The fourth-order valence-corrected chi connectivity index (χ4v) is 1.67. The number of carbonyl (C=O) groups is 1. The van der Waals surface area contributed by atoms with E-state index in [1.807, 2.05) is 24.3 Å². The smallest absolute Gasteiger partial charge is 0.323 e. The van der Waals surface area contributed by atoms with E-state index in [9.17, 15) is 4.79 Å². The Kier molecular flexibility index (Phi) is 3.41. The number of benzene rings is 1. The van der Waals surface area contributed by atoms with Crippen molar-refractivity contribution in [1.82, 2.24) is 5.32 Å². The zero-order chi connectivity index (χ0) is 11.4. The van der Waals surface area contributed by atoms with Gasteiger partial charge in [0.25, 0.3) is 0 Å². The van der Waals surface area contributed by atoms with Crippen LogP contribution in [0.2, 0.25) is 0 Å². The van der Waals surface area contributed by atoms with Gasteiger partial charge >= 0.3 is 5.97 Å². The minimum absolute atomic E-state index is 0.145. The molecule has 0 saturated carbocycles. The number of nitrogens with one attached hydrogen (secondary N) is 1. The molecule has 1 unspecified atom stereocenters. The highest BCUT2D eigenvalue weighted by Crippen LogP contribution is 2.12. The Morgan fingerprint density at radius 3 is 2.75 bits per heavy atom. The number of hydrogen-bond acceptors (Lipinski definition) is 4. The molecule has 1 atom stereocenters. The van der Waals surface area contributed by atoms with Gasteiger partial charge in [0.15, 0.2) is 0 Å². The van der Waals surface area contributed by atoms with Crippen LogP contribution in [0.5, 0.6) is 5.75 Å². The summed E-state index contributed by atoms with van der Waals surface area (Å²) in [6, 6.07) is 7.62. The Balaban J connectivity index is 1.86. The first-order valence-electron chi connectivity index (χ1n) is 5.32. The van der Waals surface area contributed by atoms with Crippen molar-refractivity contribution in [2.75, 3.05) is 13.7 Å². The molecule has 0 bridgehead atoms. The zero-order valence-corrected chi connectivity index (χ0v) is 9.23. The van der Waals surface area contributed by atoms with Gasteiger partial charge in [-0.25, -0.2) is 0 Å². The molecule has 0 aromatic heterocycles. The predicted molar refractivity (Wildman–Crippen MR) is 59.2 cm³/mol. The topological polar surface area (TPSA) is 47.6 Å². The second-order valence-electron chi connectivity index (χ2n) is 3.74. The molecule has 1 aromatic carbocycles. The van der Waals surface area contributed by atoms with E-state index in [0.29, 0.717) is 13.2 Å². The first-order chi connectivity index (χ1) is 7.79. The Morgan fingerprint density at radius 1 is 1.44 bits per heavy atom. The highest BCUT2D eigenvalue weighted by Gasteiger charge is 2.25. The summed E-state index contributed by atoms with van der Waals surface area (Å²) in [4.78, 5) is 11.2. The molecular weight excluding hydrogens is 206 g/mol. The molecule has 1 fully saturated rings. The third-order valence-electron chi connectivity index (χ3n) is 2.65. The first kappa shape index (κ1) is 11.0. The third kappa shape index (κ3) is 2.52. The molecule has 0 radical (unpaired) electrons. The molecule has 16 heavy (non-hydrogen) atoms. The fourth-order valence-electron chi connectivity index (χ4n) is 1.67. The maximum Gasteiger partial charge on any atom is 0.323 e. The van der Waals surface area contributed by atoms with E-state index < -0.39 is 0 Å². The van der Waals surface area contributed by atoms with Crippen LogP contribution in [0, 0.1) is 0 Å². The standard InChI is InChI=1S/C12H15NO3/c1-15-10-4-2-9(3-5-10)8-13-11-6-7-16-12(11)14/h2-5,11,13H,6-8H2,1H3. The van der Waals surface area contributed by atoms with E-state index in [1.54, 1.807) is 7.11 Å². The maximum absolute atomic E-state index is 11.2. The summed E-state index contributed by atoms with van der Waals surface area (Å²) in [6.07, 6.45) is 0.759. The molecule has 0 aliphatic carbocycles. The lowest BCUT2D eigenvalue weighted by molar-refractivity contribution is -0.139. The average Bonchev–Trinajstić information content (AvgIpc) is 2.73. The minimum atomic E-state index is -0.151. The molecule has 1 aromatic rings. The number of esters is 1. The van der Waals surface area contributed by atoms with Crippen molar-refractivity contribution in [2.24, 2.45) is 0 Å². The number of rotatable bonds is 4. The summed E-state index contributed by atoms with van der Waals surface area (Å²) in [5, 5.41) is 3.17. The Morgan fingerprint density at radius 2 is 2.19 bits per heavy atom. The van der Waals surface area contributed by atoms with Gasteiger partial charge in [-0.05, 0) is 17.7 Å². The van der Waals surface area contributed by atoms with E-state index >= 15 is 0 Å². The number of hydrogen-bond donors (Lipinski definition) is 1. The molecule has 1 aliphatic rings. The Hall–Kier alpha value is -1.55. The second-order valence-corrected chi connectivity index (χ2v) is 3.74. The van der Waals surface area contributed by atoms with Crippen LogP contribution in [-0.4, -0.2) is 25.7 Å². The van der Waals surface area contributed by atoms with Crippen molar-refractivity contribution in [3.05, 3.63) is 29.8 Å². The van der Waals surface area contributed by atoms with Crippen molar-refractivity contribution >= 4 is 5.97 Å². The van der Waals surface area contributed by atoms with E-state index in [1.165, 1.54) is 0 Å². The van der Waals surface area contributed by atoms with Gasteiger partial charge in [0, 0.05) is 13.0 Å². The molecule has 0 amide bonds. The van der Waals surface area contributed by atoms with Gasteiger partial charge in [0.1, 0.15) is 11.8 Å². The maximum atomic E-state index is 11.2. The summed E-state index contributed by atoms with van der Waals surface area (Å²) in [5.74, 6) is 0.692. The molecule has 4 heteroatoms.